The SMILES string of the molecule is NCCc1ccc(O)cc1.Nc1ccc(NC(=O)NCCc2ccc(O)cc2)cc1.O=C(NCCc1ccc(O)cc1)Nc1ccc(N(CCCl)CCCl)cc1.O=C(NCCc1ccc(O)cc1)Nc1ccc(N(CCO)CCO)cc1.O=C(NCCc1ccc(O)cc1)Nc1ccc([N+]2(CCCl)CC2)cc1.O=C=Nc1ccc([N+](=O)[O-])cc1.O=NNc1ccc(NC(=O)NCCc2ccc(O)cc2)cc1.[2H]P.[Cl-].[U]. The van der Waals surface area contributed by atoms with Crippen LogP contribution >= 0.6 is 44.6 Å². The number of amides is 10. The molecule has 1 fully saturated rings. The Kier molecular flexibility index (Phi) is 58.2. The van der Waals surface area contributed by atoms with Crippen molar-refractivity contribution in [1.29, 1.82) is 1.28 Å². The van der Waals surface area contributed by atoms with Crippen molar-refractivity contribution in [1.82, 2.24) is 31.1 Å². The number of halogens is 4. The number of anilines is 9. The third kappa shape index (κ3) is 49.5. The van der Waals surface area contributed by atoms with Crippen molar-refractivity contribution < 1.29 is 118 Å². The number of hydrogen-bond acceptors (Lipinski definition) is 23. The number of benzene rings is 12. The minimum absolute atomic E-state index is 0. The molecule has 13 rings (SSSR count). The van der Waals surface area contributed by atoms with E-state index in [1.165, 1.54) is 41.6 Å². The van der Waals surface area contributed by atoms with Crippen molar-refractivity contribution >= 4 is 149 Å². The van der Waals surface area contributed by atoms with E-state index in [1.54, 1.807) is 143 Å². The van der Waals surface area contributed by atoms with E-state index in [-0.39, 0.29) is 121 Å². The number of carbonyl (C=O) groups excluding carboxylic acids is 6. The van der Waals surface area contributed by atoms with Gasteiger partial charge in [0, 0.05) is 172 Å². The summed E-state index contributed by atoms with van der Waals surface area (Å²) in [4.78, 5) is 95.9. The zero-order valence-corrected chi connectivity index (χ0v) is 87.2. The molecule has 0 aliphatic carbocycles. The number of hydrogen-bond donors (Lipinski definition) is 21. The Bertz CT molecular complexity index is 5620. The fourth-order valence-corrected chi connectivity index (χ4v) is 13.8. The first kappa shape index (κ1) is 120. The van der Waals surface area contributed by atoms with Gasteiger partial charge >= 0.3 is 30.2 Å². The van der Waals surface area contributed by atoms with Crippen LogP contribution in [0.3, 0.4) is 0 Å². The molecule has 0 bridgehead atoms. The number of aliphatic hydroxyl groups excluding tert-OH is 2. The van der Waals surface area contributed by atoms with E-state index < -0.39 is 4.92 Å². The topological polar surface area (TPSA) is 540 Å². The molecule has 12 aromatic carbocycles. The summed E-state index contributed by atoms with van der Waals surface area (Å²) in [6.45, 7) is 8.72. The van der Waals surface area contributed by atoms with E-state index in [1.807, 2.05) is 126 Å². The summed E-state index contributed by atoms with van der Waals surface area (Å²) in [7, 11) is 1.67. The van der Waals surface area contributed by atoms with E-state index in [0.29, 0.717) is 148 Å². The number of alkyl halides is 3. The molecular formula is C102H122Cl4N19O17PU. The molecule has 23 N–H and O–H groups in total. The number of aliphatic imine (C=N–C) groups is 1. The second-order valence-electron chi connectivity index (χ2n) is 31.0. The normalized spacial score (nSPS) is 10.6. The Balaban J connectivity index is 0.000000357. The number of carbonyl (C=O) groups is 5. The van der Waals surface area contributed by atoms with Crippen molar-refractivity contribution in [2.75, 3.05) is 163 Å². The van der Waals surface area contributed by atoms with Crippen molar-refractivity contribution in [2.45, 2.75) is 38.5 Å². The molecule has 1 atom stereocenters. The molecule has 0 spiro atoms. The van der Waals surface area contributed by atoms with Gasteiger partial charge in [-0.15, -0.1) is 39.7 Å². The number of nitroso groups, excluding NO2 is 1. The fraction of sp³-hybridized carbons (Fsp3) is 0.235. The Labute approximate surface area is 885 Å². The number of aliphatic hydroxyl groups is 2. The van der Waals surface area contributed by atoms with Crippen LogP contribution in [0.25, 0.3) is 0 Å². The maximum absolute atomic E-state index is 12.0. The summed E-state index contributed by atoms with van der Waals surface area (Å²) in [5.74, 6) is 3.18. The number of nitro benzene ring substituents is 1. The number of quaternary nitrogens is 1. The average molecular weight is 2300 g/mol. The van der Waals surface area contributed by atoms with Gasteiger partial charge in [-0.2, -0.15) is 14.8 Å². The number of nitrogens with one attached hydrogen (secondary N) is 11. The van der Waals surface area contributed by atoms with Crippen LogP contribution in [0.5, 0.6) is 34.5 Å². The van der Waals surface area contributed by atoms with Gasteiger partial charge in [-0.05, 0) is 273 Å². The predicted octanol–water partition coefficient (Wildman–Crippen LogP) is 13.6. The van der Waals surface area contributed by atoms with E-state index in [4.69, 9.17) is 68.0 Å². The maximum atomic E-state index is 12.0. The van der Waals surface area contributed by atoms with Gasteiger partial charge in [0.15, 0.2) is 0 Å². The number of phenols is 6. The summed E-state index contributed by atoms with van der Waals surface area (Å²) in [5.41, 5.74) is 27.7. The van der Waals surface area contributed by atoms with Crippen LogP contribution in [-0.4, -0.2) is 199 Å². The number of isocyanates is 1. The summed E-state index contributed by atoms with van der Waals surface area (Å²) in [6.07, 6.45) is 5.66. The molecule has 1 aliphatic heterocycles. The third-order valence-electron chi connectivity index (χ3n) is 20.6. The summed E-state index contributed by atoms with van der Waals surface area (Å²) < 4.78 is 6.61. The van der Waals surface area contributed by atoms with E-state index in [0.717, 1.165) is 88.5 Å². The minimum atomic E-state index is -0.519. The van der Waals surface area contributed by atoms with E-state index in [2.05, 4.69) is 85.9 Å². The molecule has 1 unspecified atom stereocenters. The number of nitro groups is 1. The monoisotopic (exact) mass is 2290 g/mol. The van der Waals surface area contributed by atoms with Gasteiger partial charge in [-0.1, -0.05) is 72.8 Å². The molecule has 1 heterocycles. The van der Waals surface area contributed by atoms with Crippen LogP contribution in [-0.2, 0) is 43.3 Å². The van der Waals surface area contributed by atoms with Crippen molar-refractivity contribution in [3.8, 4) is 34.5 Å². The molecule has 764 valence electrons. The molecule has 10 amide bonds. The summed E-state index contributed by atoms with van der Waals surface area (Å²) in [6, 6.07) is 81.9. The van der Waals surface area contributed by atoms with Gasteiger partial charge in [0.05, 0.1) is 48.5 Å². The first-order chi connectivity index (χ1) is 69.2. The van der Waals surface area contributed by atoms with Crippen LogP contribution in [0.15, 0.2) is 301 Å². The number of phenolic OH excluding ortho intramolecular Hbond substituents is 6. The van der Waals surface area contributed by atoms with Gasteiger partial charge in [0.25, 0.3) is 5.69 Å². The average Bonchev–Trinajstić information content (AvgIpc) is 1.62. The second kappa shape index (κ2) is 69.7. The number of urea groups is 5. The van der Waals surface area contributed by atoms with Gasteiger partial charge in [0.2, 0.25) is 6.08 Å². The number of non-ortho nitro benzene ring substituents is 1. The van der Waals surface area contributed by atoms with E-state index >= 15 is 0 Å². The number of rotatable bonds is 39. The van der Waals surface area contributed by atoms with Crippen LogP contribution in [0.1, 0.15) is 33.4 Å². The molecule has 0 aromatic heterocycles. The van der Waals surface area contributed by atoms with Gasteiger partial charge in [-0.3, -0.25) is 14.6 Å². The quantitative estimate of drug-likeness (QED) is 0.00163. The number of nitrogens with zero attached hydrogens (tertiary/aromatic N) is 6. The molecule has 0 saturated carbocycles. The zero-order chi connectivity index (χ0) is 104. The zero-order valence-electron chi connectivity index (χ0n) is 79.9. The number of aromatic hydroxyl groups is 6. The van der Waals surface area contributed by atoms with Crippen LogP contribution in [0.4, 0.5) is 92.2 Å². The standard InChI is InChI=1S/C19H23Cl2N3O2.C19H22ClN3O2.C19H25N3O4.C15H16N4O3.C15H17N3O2.C8H11NO.C7H4N2O3.ClH.H3P.U/c20-10-13-24(14-11-21)17-5-3-16(4-6-17)23-19(26)22-12-9-15-1-7-18(25)8-2-15;20-10-12-23(13-14-23)17-5-3-16(4-6-17)22-19(25)21-11-9-15-1-7-18(24)8-2-15;23-13-11-22(12-14-24)17-5-3-16(4-6-17)21-19(26)20-10-9-15-1-7-18(25)8-2-15;20-14-7-1-11(2-8-14)9-10-16-15(21)17-12-3-5-13(6-4-12)18-19-22;16-12-3-5-13(6-4-12)18-15(20)17-10-9-11-1-7-14(19)8-2-11;9-6-5-7-1-3-8(10)4-2-7;10-5-8-6-1-3-7(4-2-6)9(11)12;;;/h1-8,25H,9-14H2,(H2,22,23,26);1-8H,9-14H2,(H2-,21,22,24,25);1-8,23-25H,9-14H2,(H2,20,21,26);1-8,20H,9-10H2,(H,18,22)(H2,16,17,21);1-8,19H,9-10,16H2,(H2,17,18,20);1-4,10H,5-6,9H2;1-4H;1H;1H3;/i;;;;;;;;1D;. The molecule has 0 radical (unpaired) electrons. The van der Waals surface area contributed by atoms with Crippen LogP contribution in [0.2, 0.25) is 0 Å². The van der Waals surface area contributed by atoms with E-state index in [9.17, 15) is 64.2 Å². The minimum Gasteiger partial charge on any atom is -1.00 e. The largest absolute Gasteiger partial charge is 1.00 e. The fourth-order valence-electron chi connectivity index (χ4n) is 13.0. The maximum Gasteiger partial charge on any atom is 0.319 e. The second-order valence-corrected chi connectivity index (χ2v) is 32.1. The van der Waals surface area contributed by atoms with Crippen LogP contribution < -0.4 is 96.8 Å². The Morgan fingerprint density at radius 1 is 0.403 bits per heavy atom. The third-order valence-corrected chi connectivity index (χ3v) is 21.2. The summed E-state index contributed by atoms with van der Waals surface area (Å²) >= 11 is 17.5. The molecular weight excluding hydrogens is 2170 g/mol. The Hall–Kier alpha value is -14.1. The Morgan fingerprint density at radius 3 is 0.917 bits per heavy atom. The first-order valence-electron chi connectivity index (χ1n) is 45.3. The first-order valence-corrected chi connectivity index (χ1v) is 46.4. The predicted molar refractivity (Wildman–Crippen MR) is 570 cm³/mol. The van der Waals surface area contributed by atoms with Gasteiger partial charge in [0.1, 0.15) is 53.3 Å². The molecule has 42 heteroatoms. The number of nitrogen functional groups attached to an aromatic ring is 1. The molecule has 12 aromatic rings. The van der Waals surface area contributed by atoms with Crippen LogP contribution in [0, 0.1) is 46.1 Å². The molecule has 144 heavy (non-hydrogen) atoms. The van der Waals surface area contributed by atoms with Gasteiger partial charge < -0.3 is 128 Å². The number of nitrogens with two attached hydrogens (primary N) is 2. The van der Waals surface area contributed by atoms with Crippen molar-refractivity contribution in [2.24, 2.45) is 16.0 Å². The molecule has 1 saturated heterocycles. The Morgan fingerprint density at radius 2 is 0.667 bits per heavy atom. The summed E-state index contributed by atoms with van der Waals surface area (Å²) in [5, 5.41) is 114. The smallest absolute Gasteiger partial charge is 0.319 e. The van der Waals surface area contributed by atoms with Crippen molar-refractivity contribution in [3.05, 3.63) is 340 Å². The van der Waals surface area contributed by atoms with Crippen molar-refractivity contribution in [3.63, 3.8) is 0 Å². The van der Waals surface area contributed by atoms with Gasteiger partial charge in [-0.25, -0.2) is 34.2 Å². The molecule has 1 aliphatic rings. The molecule has 36 nitrogen and oxygen atoms in total.